The summed E-state index contributed by atoms with van der Waals surface area (Å²) in [6.45, 7) is 1.45. The van der Waals surface area contributed by atoms with Crippen LogP contribution in [0.2, 0.25) is 0 Å². The number of hydrogen-bond donors (Lipinski definition) is 1. The average Bonchev–Trinajstić information content (AvgIpc) is 2.36. The van der Waals surface area contributed by atoms with Crippen LogP contribution in [0.3, 0.4) is 0 Å². The van der Waals surface area contributed by atoms with Gasteiger partial charge in [-0.2, -0.15) is 0 Å². The average molecular weight is 272 g/mol. The molecule has 1 rings (SSSR count). The Bertz CT molecular complexity index is 490. The molecule has 100 valence electrons. The summed E-state index contributed by atoms with van der Waals surface area (Å²) in [5, 5.41) is 8.46. The van der Waals surface area contributed by atoms with Crippen LogP contribution in [-0.2, 0) is 25.8 Å². The number of carbonyl (C=O) groups is 1. The van der Waals surface area contributed by atoms with Crippen LogP contribution in [-0.4, -0.2) is 38.5 Å². The van der Waals surface area contributed by atoms with Crippen molar-refractivity contribution in [3.63, 3.8) is 0 Å². The summed E-state index contributed by atoms with van der Waals surface area (Å²) in [7, 11) is -3.67. The first-order chi connectivity index (χ1) is 8.49. The van der Waals surface area contributed by atoms with Gasteiger partial charge in [0.05, 0.1) is 11.5 Å². The molecule has 0 amide bonds. The van der Waals surface area contributed by atoms with E-state index in [1.54, 1.807) is 12.1 Å². The second-order valence-corrected chi connectivity index (χ2v) is 5.69. The van der Waals surface area contributed by atoms with Crippen LogP contribution in [0.4, 0.5) is 0 Å². The molecule has 0 saturated heterocycles. The van der Waals surface area contributed by atoms with Gasteiger partial charge in [0.25, 0.3) is 0 Å². The first kappa shape index (κ1) is 14.7. The highest BCUT2D eigenvalue weighted by molar-refractivity contribution is 7.92. The summed E-state index contributed by atoms with van der Waals surface area (Å²) in [4.78, 5) is 11.3. The smallest absolute Gasteiger partial charge is 0.321 e. The van der Waals surface area contributed by atoms with Gasteiger partial charge < -0.3 is 9.84 Å². The number of aliphatic hydroxyl groups excluding tert-OH is 1. The molecule has 1 N–H and O–H groups in total. The molecule has 0 saturated carbocycles. The van der Waals surface area contributed by atoms with Crippen LogP contribution in [0.1, 0.15) is 12.5 Å². The fourth-order valence-electron chi connectivity index (χ4n) is 1.37. The molecule has 1 aromatic carbocycles. The summed E-state index contributed by atoms with van der Waals surface area (Å²) in [5.41, 5.74) is 1.02. The minimum atomic E-state index is -3.67. The van der Waals surface area contributed by atoms with Crippen LogP contribution in [0.15, 0.2) is 29.2 Å². The number of rotatable bonds is 6. The highest BCUT2D eigenvalue weighted by Crippen LogP contribution is 2.13. The van der Waals surface area contributed by atoms with Crippen molar-refractivity contribution in [2.75, 3.05) is 19.0 Å². The molecule has 0 aliphatic heterocycles. The van der Waals surface area contributed by atoms with E-state index in [1.807, 2.05) is 6.92 Å². The zero-order valence-electron chi connectivity index (χ0n) is 10.1. The van der Waals surface area contributed by atoms with Gasteiger partial charge in [0, 0.05) is 0 Å². The van der Waals surface area contributed by atoms with Crippen molar-refractivity contribution in [1.82, 2.24) is 0 Å². The topological polar surface area (TPSA) is 80.7 Å². The number of benzene rings is 1. The third-order valence-corrected chi connectivity index (χ3v) is 3.96. The van der Waals surface area contributed by atoms with Crippen molar-refractivity contribution in [2.24, 2.45) is 0 Å². The maximum absolute atomic E-state index is 11.8. The Morgan fingerprint density at radius 1 is 1.28 bits per heavy atom. The predicted octanol–water partition coefficient (Wildman–Crippen LogP) is 0.558. The van der Waals surface area contributed by atoms with Gasteiger partial charge in [-0.05, 0) is 24.1 Å². The van der Waals surface area contributed by atoms with E-state index in [2.05, 4.69) is 4.74 Å². The second-order valence-electron chi connectivity index (χ2n) is 3.70. The van der Waals surface area contributed by atoms with Crippen molar-refractivity contribution >= 4 is 15.8 Å². The Morgan fingerprint density at radius 2 is 1.89 bits per heavy atom. The first-order valence-corrected chi connectivity index (χ1v) is 7.23. The predicted molar refractivity (Wildman–Crippen MR) is 65.9 cm³/mol. The molecule has 0 fully saturated rings. The Labute approximate surface area is 106 Å². The van der Waals surface area contributed by atoms with Crippen molar-refractivity contribution in [3.8, 4) is 0 Å². The number of hydrogen-bond acceptors (Lipinski definition) is 5. The molecule has 0 radical (unpaired) electrons. The SMILES string of the molecule is CCc1ccc(S(=O)(=O)CC(=O)OCCO)cc1. The van der Waals surface area contributed by atoms with Gasteiger partial charge in [0.15, 0.2) is 15.6 Å². The number of esters is 1. The van der Waals surface area contributed by atoms with Crippen molar-refractivity contribution in [2.45, 2.75) is 18.2 Å². The van der Waals surface area contributed by atoms with E-state index < -0.39 is 21.6 Å². The van der Waals surface area contributed by atoms with Gasteiger partial charge in [-0.3, -0.25) is 4.79 Å². The van der Waals surface area contributed by atoms with Crippen LogP contribution >= 0.6 is 0 Å². The molecule has 0 aromatic heterocycles. The van der Waals surface area contributed by atoms with Gasteiger partial charge in [-0.15, -0.1) is 0 Å². The van der Waals surface area contributed by atoms with E-state index in [1.165, 1.54) is 12.1 Å². The van der Waals surface area contributed by atoms with E-state index in [9.17, 15) is 13.2 Å². The molecule has 0 unspecified atom stereocenters. The highest BCUT2D eigenvalue weighted by Gasteiger charge is 2.20. The molecule has 0 bridgehead atoms. The number of aryl methyl sites for hydroxylation is 1. The van der Waals surface area contributed by atoms with E-state index in [4.69, 9.17) is 5.11 Å². The molecule has 5 nitrogen and oxygen atoms in total. The van der Waals surface area contributed by atoms with Gasteiger partial charge in [0.2, 0.25) is 0 Å². The molecule has 1 aromatic rings. The van der Waals surface area contributed by atoms with Crippen LogP contribution < -0.4 is 0 Å². The molecule has 6 heteroatoms. The molecule has 0 aliphatic rings. The maximum Gasteiger partial charge on any atom is 0.321 e. The lowest BCUT2D eigenvalue weighted by Crippen LogP contribution is -2.20. The van der Waals surface area contributed by atoms with E-state index in [-0.39, 0.29) is 18.1 Å². The molecule has 0 aliphatic carbocycles. The van der Waals surface area contributed by atoms with Crippen LogP contribution in [0.5, 0.6) is 0 Å². The Kier molecular flexibility index (Phi) is 5.30. The molecule has 18 heavy (non-hydrogen) atoms. The van der Waals surface area contributed by atoms with Gasteiger partial charge in [-0.25, -0.2) is 8.42 Å². The molecule has 0 spiro atoms. The second kappa shape index (κ2) is 6.51. The Hall–Kier alpha value is -1.40. The normalized spacial score (nSPS) is 11.2. The molecule has 0 heterocycles. The van der Waals surface area contributed by atoms with Crippen molar-refractivity contribution in [3.05, 3.63) is 29.8 Å². The Balaban J connectivity index is 2.76. The Morgan fingerprint density at radius 3 is 2.39 bits per heavy atom. The van der Waals surface area contributed by atoms with Crippen molar-refractivity contribution < 1.29 is 23.1 Å². The zero-order chi connectivity index (χ0) is 13.6. The quantitative estimate of drug-likeness (QED) is 0.765. The van der Waals surface area contributed by atoms with E-state index >= 15 is 0 Å². The van der Waals surface area contributed by atoms with E-state index in [0.29, 0.717) is 0 Å². The van der Waals surface area contributed by atoms with E-state index in [0.717, 1.165) is 12.0 Å². The zero-order valence-corrected chi connectivity index (χ0v) is 10.9. The minimum Gasteiger partial charge on any atom is -0.462 e. The highest BCUT2D eigenvalue weighted by atomic mass is 32.2. The van der Waals surface area contributed by atoms with Gasteiger partial charge in [0.1, 0.15) is 6.61 Å². The number of ether oxygens (including phenoxy) is 1. The largest absolute Gasteiger partial charge is 0.462 e. The van der Waals surface area contributed by atoms with Crippen LogP contribution in [0.25, 0.3) is 0 Å². The lowest BCUT2D eigenvalue weighted by atomic mass is 10.2. The fraction of sp³-hybridized carbons (Fsp3) is 0.417. The maximum atomic E-state index is 11.8. The van der Waals surface area contributed by atoms with Crippen LogP contribution in [0, 0.1) is 0 Å². The van der Waals surface area contributed by atoms with Gasteiger partial charge in [-0.1, -0.05) is 19.1 Å². The number of aliphatic hydroxyl groups is 1. The van der Waals surface area contributed by atoms with Gasteiger partial charge >= 0.3 is 5.97 Å². The first-order valence-electron chi connectivity index (χ1n) is 5.57. The molecule has 0 atom stereocenters. The lowest BCUT2D eigenvalue weighted by molar-refractivity contribution is -0.141. The third-order valence-electron chi connectivity index (χ3n) is 2.35. The number of sulfone groups is 1. The monoisotopic (exact) mass is 272 g/mol. The lowest BCUT2D eigenvalue weighted by Gasteiger charge is -2.05. The summed E-state index contributed by atoms with van der Waals surface area (Å²) < 4.78 is 28.2. The molecular weight excluding hydrogens is 256 g/mol. The summed E-state index contributed by atoms with van der Waals surface area (Å²) in [6.07, 6.45) is 0.818. The fourth-order valence-corrected chi connectivity index (χ4v) is 2.48. The third kappa shape index (κ3) is 4.12. The minimum absolute atomic E-state index is 0.0978. The molecular formula is C12H16O5S. The standard InChI is InChI=1S/C12H16O5S/c1-2-10-3-5-11(6-4-10)18(15,16)9-12(14)17-8-7-13/h3-6,13H,2,7-9H2,1H3. The summed E-state index contributed by atoms with van der Waals surface area (Å²) in [5.74, 6) is -1.57. The summed E-state index contributed by atoms with van der Waals surface area (Å²) >= 11 is 0. The summed E-state index contributed by atoms with van der Waals surface area (Å²) in [6, 6.07) is 6.39. The number of carbonyl (C=O) groups excluding carboxylic acids is 1. The van der Waals surface area contributed by atoms with Crippen molar-refractivity contribution in [1.29, 1.82) is 0 Å².